The van der Waals surface area contributed by atoms with E-state index in [0.717, 1.165) is 6.20 Å². The van der Waals surface area contributed by atoms with Gasteiger partial charge >= 0.3 is 6.18 Å². The lowest BCUT2D eigenvalue weighted by atomic mass is 10.2. The van der Waals surface area contributed by atoms with Crippen LogP contribution >= 0.6 is 0 Å². The predicted octanol–water partition coefficient (Wildman–Crippen LogP) is 1.50. The molecular weight excluding hydrogens is 405 g/mol. The zero-order valence-electron chi connectivity index (χ0n) is 15.7. The second kappa shape index (κ2) is 8.86. The minimum Gasteiger partial charge on any atom is -0.471 e. The number of hydrogen-bond donors (Lipinski definition) is 2. The molecule has 3 aromatic heterocycles. The molecule has 0 radical (unpaired) electrons. The smallest absolute Gasteiger partial charge is 0.416 e. The number of aliphatic hydroxyl groups is 1. The number of aromatic nitrogens is 5. The van der Waals surface area contributed by atoms with Crippen molar-refractivity contribution in [2.45, 2.75) is 18.9 Å². The van der Waals surface area contributed by atoms with Gasteiger partial charge in [-0.15, -0.1) is 5.10 Å². The van der Waals surface area contributed by atoms with Crippen molar-refractivity contribution in [3.05, 3.63) is 54.0 Å². The Morgan fingerprint density at radius 3 is 2.70 bits per heavy atom. The van der Waals surface area contributed by atoms with Crippen molar-refractivity contribution in [1.82, 2.24) is 30.3 Å². The van der Waals surface area contributed by atoms with Crippen LogP contribution in [-0.4, -0.2) is 54.8 Å². The minimum absolute atomic E-state index is 0.0214. The highest BCUT2D eigenvalue weighted by atomic mass is 19.4. The molecule has 3 heterocycles. The van der Waals surface area contributed by atoms with Gasteiger partial charge in [-0.2, -0.15) is 13.2 Å². The molecule has 30 heavy (non-hydrogen) atoms. The number of carbonyl (C=O) groups excluding carboxylic acids is 1. The van der Waals surface area contributed by atoms with Crippen molar-refractivity contribution in [1.29, 1.82) is 0 Å². The van der Waals surface area contributed by atoms with Crippen LogP contribution in [-0.2, 0) is 13.7 Å². The molecule has 3 rings (SSSR count). The quantitative estimate of drug-likeness (QED) is 0.593. The zero-order valence-corrected chi connectivity index (χ0v) is 15.7. The van der Waals surface area contributed by atoms with Gasteiger partial charge in [0.25, 0.3) is 5.91 Å². The first kappa shape index (κ1) is 21.2. The number of ether oxygens (including phenoxy) is 1. The van der Waals surface area contributed by atoms with Crippen LogP contribution in [0.25, 0.3) is 11.4 Å². The number of amides is 1. The van der Waals surface area contributed by atoms with Crippen molar-refractivity contribution < 1.29 is 27.8 Å². The van der Waals surface area contributed by atoms with E-state index in [1.165, 1.54) is 16.8 Å². The number of carbonyl (C=O) groups is 1. The van der Waals surface area contributed by atoms with Gasteiger partial charge in [0, 0.05) is 25.5 Å². The summed E-state index contributed by atoms with van der Waals surface area (Å²) in [4.78, 5) is 20.1. The van der Waals surface area contributed by atoms with Crippen molar-refractivity contribution in [2.24, 2.45) is 7.05 Å². The normalized spacial score (nSPS) is 12.4. The molecule has 0 fully saturated rings. The number of aryl methyl sites for hydroxylation is 1. The molecule has 0 aromatic carbocycles. The number of pyridine rings is 2. The maximum atomic E-state index is 12.3. The fraction of sp³-hybridized carbons (Fsp3) is 0.278. The van der Waals surface area contributed by atoms with Crippen molar-refractivity contribution in [3.63, 3.8) is 0 Å². The first-order chi connectivity index (χ1) is 14.3. The standard InChI is InChI=1S/C18H17F3N6O3/c1-27-13(16(25-26-27)12-4-2-3-7-22-12)10-30-15-6-5-11(8-23-15)17(29)24-9-14(28)18(19,20)21/h2-8,14,28H,9-10H2,1H3,(H,24,29). The molecular formula is C18H17F3N6O3. The lowest BCUT2D eigenvalue weighted by molar-refractivity contribution is -0.201. The highest BCUT2D eigenvalue weighted by Gasteiger charge is 2.38. The average molecular weight is 422 g/mol. The van der Waals surface area contributed by atoms with Gasteiger partial charge in [0.2, 0.25) is 5.88 Å². The Labute approximate surface area is 168 Å². The van der Waals surface area contributed by atoms with Gasteiger partial charge in [0.05, 0.1) is 17.8 Å². The summed E-state index contributed by atoms with van der Waals surface area (Å²) in [6.45, 7) is -0.879. The largest absolute Gasteiger partial charge is 0.471 e. The van der Waals surface area contributed by atoms with Crippen LogP contribution < -0.4 is 10.1 Å². The van der Waals surface area contributed by atoms with E-state index in [1.807, 2.05) is 11.4 Å². The molecule has 0 spiro atoms. The number of rotatable bonds is 7. The summed E-state index contributed by atoms with van der Waals surface area (Å²) in [5, 5.41) is 19.0. The molecule has 0 saturated heterocycles. The van der Waals surface area contributed by atoms with Crippen LogP contribution in [0.4, 0.5) is 13.2 Å². The Hall–Kier alpha value is -3.54. The van der Waals surface area contributed by atoms with E-state index >= 15 is 0 Å². The Balaban J connectivity index is 1.61. The first-order valence-electron chi connectivity index (χ1n) is 8.67. The van der Waals surface area contributed by atoms with Crippen molar-refractivity contribution in [3.8, 4) is 17.3 Å². The first-order valence-corrected chi connectivity index (χ1v) is 8.67. The van der Waals surface area contributed by atoms with Gasteiger partial charge in [0.1, 0.15) is 18.0 Å². The van der Waals surface area contributed by atoms with E-state index in [-0.39, 0.29) is 18.1 Å². The number of nitrogens with one attached hydrogen (secondary N) is 1. The van der Waals surface area contributed by atoms with Crippen LogP contribution in [0.2, 0.25) is 0 Å². The molecule has 1 unspecified atom stereocenters. The Morgan fingerprint density at radius 2 is 2.07 bits per heavy atom. The molecule has 0 saturated carbocycles. The monoisotopic (exact) mass is 422 g/mol. The maximum Gasteiger partial charge on any atom is 0.416 e. The zero-order chi connectivity index (χ0) is 21.7. The van der Waals surface area contributed by atoms with Crippen LogP contribution in [0.5, 0.6) is 5.88 Å². The van der Waals surface area contributed by atoms with E-state index in [0.29, 0.717) is 17.1 Å². The van der Waals surface area contributed by atoms with E-state index < -0.39 is 24.7 Å². The van der Waals surface area contributed by atoms with Crippen LogP contribution in [0.3, 0.4) is 0 Å². The summed E-state index contributed by atoms with van der Waals surface area (Å²) in [6.07, 6.45) is -4.66. The molecule has 1 amide bonds. The van der Waals surface area contributed by atoms with Crippen LogP contribution in [0.1, 0.15) is 16.1 Å². The Bertz CT molecular complexity index is 993. The molecule has 2 N–H and O–H groups in total. The van der Waals surface area contributed by atoms with Gasteiger partial charge in [-0.25, -0.2) is 9.67 Å². The Morgan fingerprint density at radius 1 is 1.27 bits per heavy atom. The molecule has 0 aliphatic heterocycles. The third-order valence-corrected chi connectivity index (χ3v) is 4.04. The second-order valence-corrected chi connectivity index (χ2v) is 6.16. The summed E-state index contributed by atoms with van der Waals surface area (Å²) in [5.74, 6) is -0.610. The van der Waals surface area contributed by atoms with Gasteiger partial charge in [-0.1, -0.05) is 11.3 Å². The molecule has 0 aliphatic rings. The SMILES string of the molecule is Cn1nnc(-c2ccccn2)c1COc1ccc(C(=O)NCC(O)C(F)(F)F)cn1. The molecule has 1 atom stereocenters. The van der Waals surface area contributed by atoms with Crippen LogP contribution in [0, 0.1) is 0 Å². The third-order valence-electron chi connectivity index (χ3n) is 4.04. The van der Waals surface area contributed by atoms with Crippen molar-refractivity contribution >= 4 is 5.91 Å². The number of alkyl halides is 3. The fourth-order valence-electron chi connectivity index (χ4n) is 2.39. The number of halogens is 3. The topological polar surface area (TPSA) is 115 Å². The molecule has 3 aromatic rings. The summed E-state index contributed by atoms with van der Waals surface area (Å²) in [6, 6.07) is 8.13. The van der Waals surface area contributed by atoms with E-state index in [4.69, 9.17) is 9.84 Å². The summed E-state index contributed by atoms with van der Waals surface area (Å²) in [7, 11) is 1.70. The van der Waals surface area contributed by atoms with Gasteiger partial charge in [-0.3, -0.25) is 9.78 Å². The van der Waals surface area contributed by atoms with E-state index in [9.17, 15) is 18.0 Å². The lowest BCUT2D eigenvalue weighted by Crippen LogP contribution is -2.40. The molecule has 9 nitrogen and oxygen atoms in total. The summed E-state index contributed by atoms with van der Waals surface area (Å²) < 4.78 is 44.0. The van der Waals surface area contributed by atoms with E-state index in [2.05, 4.69) is 20.3 Å². The van der Waals surface area contributed by atoms with Crippen molar-refractivity contribution in [2.75, 3.05) is 6.54 Å². The minimum atomic E-state index is -4.81. The third kappa shape index (κ3) is 5.08. The van der Waals surface area contributed by atoms with Crippen LogP contribution in [0.15, 0.2) is 42.7 Å². The number of nitrogens with zero attached hydrogens (tertiary/aromatic N) is 5. The van der Waals surface area contributed by atoms with E-state index in [1.54, 1.807) is 25.4 Å². The fourth-order valence-corrected chi connectivity index (χ4v) is 2.39. The van der Waals surface area contributed by atoms with Gasteiger partial charge in [-0.05, 0) is 18.2 Å². The second-order valence-electron chi connectivity index (χ2n) is 6.16. The number of hydrogen-bond acceptors (Lipinski definition) is 7. The Kier molecular flexibility index (Phi) is 6.26. The highest BCUT2D eigenvalue weighted by molar-refractivity contribution is 5.93. The highest BCUT2D eigenvalue weighted by Crippen LogP contribution is 2.20. The predicted molar refractivity (Wildman–Crippen MR) is 97.2 cm³/mol. The summed E-state index contributed by atoms with van der Waals surface area (Å²) in [5.41, 5.74) is 1.86. The van der Waals surface area contributed by atoms with Gasteiger partial charge in [0.15, 0.2) is 6.10 Å². The molecule has 158 valence electrons. The lowest BCUT2D eigenvalue weighted by Gasteiger charge is -2.15. The molecule has 0 aliphatic carbocycles. The van der Waals surface area contributed by atoms with Gasteiger partial charge < -0.3 is 15.2 Å². The maximum absolute atomic E-state index is 12.3. The molecule has 12 heteroatoms. The number of aliphatic hydroxyl groups excluding tert-OH is 1. The summed E-state index contributed by atoms with van der Waals surface area (Å²) >= 11 is 0. The molecule has 0 bridgehead atoms. The average Bonchev–Trinajstić information content (AvgIpc) is 3.11.